The van der Waals surface area contributed by atoms with E-state index in [9.17, 15) is 14.0 Å². The van der Waals surface area contributed by atoms with Crippen molar-refractivity contribution in [3.05, 3.63) is 53.3 Å². The zero-order chi connectivity index (χ0) is 22.4. The summed E-state index contributed by atoms with van der Waals surface area (Å²) >= 11 is 0. The molecule has 1 heterocycles. The van der Waals surface area contributed by atoms with Crippen molar-refractivity contribution in [1.29, 1.82) is 0 Å². The van der Waals surface area contributed by atoms with E-state index in [0.717, 1.165) is 5.56 Å². The molecule has 0 aromatic heterocycles. The van der Waals surface area contributed by atoms with Gasteiger partial charge in [-0.15, -0.1) is 0 Å². The smallest absolute Gasteiger partial charge is 0.317 e. The Morgan fingerprint density at radius 1 is 1.00 bits per heavy atom. The first-order valence-corrected chi connectivity index (χ1v) is 10.2. The molecule has 8 heteroatoms. The van der Waals surface area contributed by atoms with Gasteiger partial charge in [-0.3, -0.25) is 4.79 Å². The molecule has 1 aliphatic heterocycles. The number of halogens is 1. The second-order valence-electron chi connectivity index (χ2n) is 7.37. The normalized spacial score (nSPS) is 13.7. The molecule has 0 spiro atoms. The number of urea groups is 1. The van der Waals surface area contributed by atoms with Gasteiger partial charge in [-0.1, -0.05) is 6.07 Å². The van der Waals surface area contributed by atoms with Crippen LogP contribution in [0.1, 0.15) is 22.8 Å². The predicted octanol–water partition coefficient (Wildman–Crippen LogP) is 3.12. The summed E-state index contributed by atoms with van der Waals surface area (Å²) in [5.74, 6) is 0.743. The summed E-state index contributed by atoms with van der Waals surface area (Å²) in [6.45, 7) is 3.96. The highest BCUT2D eigenvalue weighted by atomic mass is 19.1. The Labute approximate surface area is 181 Å². The zero-order valence-electron chi connectivity index (χ0n) is 18.1. The summed E-state index contributed by atoms with van der Waals surface area (Å²) in [5, 5.41) is 2.94. The van der Waals surface area contributed by atoms with E-state index in [-0.39, 0.29) is 11.8 Å². The lowest BCUT2D eigenvalue weighted by molar-refractivity contribution is 0.101. The zero-order valence-corrected chi connectivity index (χ0v) is 18.1. The molecule has 2 amide bonds. The summed E-state index contributed by atoms with van der Waals surface area (Å²) in [6.07, 6.45) is 0.666. The number of hydrogen-bond donors (Lipinski definition) is 1. The van der Waals surface area contributed by atoms with Crippen molar-refractivity contribution in [2.24, 2.45) is 0 Å². The third-order valence-corrected chi connectivity index (χ3v) is 5.40. The largest absolute Gasteiger partial charge is 0.493 e. The fourth-order valence-corrected chi connectivity index (χ4v) is 3.59. The maximum Gasteiger partial charge on any atom is 0.317 e. The number of ketones is 1. The van der Waals surface area contributed by atoms with Crippen molar-refractivity contribution in [2.75, 3.05) is 51.8 Å². The quantitative estimate of drug-likeness (QED) is 0.685. The molecule has 1 N–H and O–H groups in total. The maximum atomic E-state index is 14.4. The average Bonchev–Trinajstić information content (AvgIpc) is 2.78. The molecule has 31 heavy (non-hydrogen) atoms. The first-order chi connectivity index (χ1) is 14.9. The average molecular weight is 429 g/mol. The maximum absolute atomic E-state index is 14.4. The van der Waals surface area contributed by atoms with Gasteiger partial charge in [0.15, 0.2) is 17.3 Å². The number of benzene rings is 2. The first kappa shape index (κ1) is 22.4. The monoisotopic (exact) mass is 429 g/mol. The number of hydrogen-bond acceptors (Lipinski definition) is 5. The van der Waals surface area contributed by atoms with Gasteiger partial charge < -0.3 is 24.6 Å². The van der Waals surface area contributed by atoms with Crippen LogP contribution in [0.4, 0.5) is 14.9 Å². The minimum absolute atomic E-state index is 0.132. The number of nitrogens with one attached hydrogen (secondary N) is 1. The number of nitrogens with zero attached hydrogens (tertiary/aromatic N) is 2. The van der Waals surface area contributed by atoms with E-state index in [1.54, 1.807) is 31.3 Å². The summed E-state index contributed by atoms with van der Waals surface area (Å²) < 4.78 is 24.9. The van der Waals surface area contributed by atoms with Crippen LogP contribution < -0.4 is 19.7 Å². The molecule has 7 nitrogen and oxygen atoms in total. The highest BCUT2D eigenvalue weighted by Crippen LogP contribution is 2.27. The van der Waals surface area contributed by atoms with Crippen LogP contribution in [0.25, 0.3) is 0 Å². The van der Waals surface area contributed by atoms with Gasteiger partial charge in [0.05, 0.1) is 19.9 Å². The summed E-state index contributed by atoms with van der Waals surface area (Å²) in [5.41, 5.74) is 1.85. The number of rotatable bonds is 7. The SMILES string of the molecule is COc1ccc(CCNC(=O)N2CCN(c3ccc(C(C)=O)cc3F)CC2)cc1OC. The molecule has 0 atom stereocenters. The van der Waals surface area contributed by atoms with Crippen molar-refractivity contribution in [1.82, 2.24) is 10.2 Å². The van der Waals surface area contributed by atoms with Gasteiger partial charge in [-0.25, -0.2) is 9.18 Å². The van der Waals surface area contributed by atoms with Crippen molar-refractivity contribution in [2.45, 2.75) is 13.3 Å². The van der Waals surface area contributed by atoms with Gasteiger partial charge in [0.1, 0.15) is 5.82 Å². The van der Waals surface area contributed by atoms with Crippen molar-refractivity contribution in [3.63, 3.8) is 0 Å². The Bertz CT molecular complexity index is 942. The van der Waals surface area contributed by atoms with Crippen LogP contribution >= 0.6 is 0 Å². The van der Waals surface area contributed by atoms with Gasteiger partial charge in [0.2, 0.25) is 0 Å². The van der Waals surface area contributed by atoms with Crippen LogP contribution in [-0.4, -0.2) is 63.7 Å². The fourth-order valence-electron chi connectivity index (χ4n) is 3.59. The second kappa shape index (κ2) is 10.1. The summed E-state index contributed by atoms with van der Waals surface area (Å²) in [7, 11) is 3.18. The molecule has 166 valence electrons. The van der Waals surface area contributed by atoms with E-state index < -0.39 is 5.82 Å². The second-order valence-corrected chi connectivity index (χ2v) is 7.37. The van der Waals surface area contributed by atoms with Crippen LogP contribution in [0.5, 0.6) is 11.5 Å². The molecule has 0 saturated carbocycles. The summed E-state index contributed by atoms with van der Waals surface area (Å²) in [6, 6.07) is 10.1. The lowest BCUT2D eigenvalue weighted by Crippen LogP contribution is -2.52. The molecule has 0 bridgehead atoms. The first-order valence-electron chi connectivity index (χ1n) is 10.2. The Morgan fingerprint density at radius 2 is 1.71 bits per heavy atom. The number of carbonyl (C=O) groups is 2. The molecule has 1 saturated heterocycles. The van der Waals surface area contributed by atoms with Gasteiger partial charge in [-0.2, -0.15) is 0 Å². The number of anilines is 1. The molecular formula is C23H28FN3O4. The van der Waals surface area contributed by atoms with E-state index in [0.29, 0.717) is 61.9 Å². The molecule has 2 aromatic rings. The molecular weight excluding hydrogens is 401 g/mol. The standard InChI is InChI=1S/C23H28FN3O4/c1-16(28)18-5-6-20(19(24)15-18)26-10-12-27(13-11-26)23(29)25-9-8-17-4-7-21(30-2)22(14-17)31-3/h4-7,14-15H,8-13H2,1-3H3,(H,25,29). The lowest BCUT2D eigenvalue weighted by atomic mass is 10.1. The Morgan fingerprint density at radius 3 is 2.32 bits per heavy atom. The minimum Gasteiger partial charge on any atom is -0.493 e. The van der Waals surface area contributed by atoms with E-state index in [1.165, 1.54) is 13.0 Å². The molecule has 0 aliphatic carbocycles. The molecule has 1 fully saturated rings. The Balaban J connectivity index is 1.48. The molecule has 0 radical (unpaired) electrons. The van der Waals surface area contributed by atoms with Gasteiger partial charge in [0.25, 0.3) is 0 Å². The van der Waals surface area contributed by atoms with Gasteiger partial charge in [-0.05, 0) is 49.2 Å². The van der Waals surface area contributed by atoms with Crippen molar-refractivity contribution < 1.29 is 23.5 Å². The number of methoxy groups -OCH3 is 2. The number of carbonyl (C=O) groups excluding carboxylic acids is 2. The Hall–Kier alpha value is -3.29. The molecule has 1 aliphatic rings. The van der Waals surface area contributed by atoms with E-state index in [2.05, 4.69) is 5.32 Å². The van der Waals surface area contributed by atoms with Gasteiger partial charge >= 0.3 is 6.03 Å². The Kier molecular flexibility index (Phi) is 7.33. The number of amides is 2. The fraction of sp³-hybridized carbons (Fsp3) is 0.391. The lowest BCUT2D eigenvalue weighted by Gasteiger charge is -2.36. The van der Waals surface area contributed by atoms with Crippen LogP contribution in [0, 0.1) is 5.82 Å². The van der Waals surface area contributed by atoms with E-state index >= 15 is 0 Å². The molecule has 0 unspecified atom stereocenters. The molecule has 2 aromatic carbocycles. The van der Waals surface area contributed by atoms with Crippen molar-refractivity contribution in [3.8, 4) is 11.5 Å². The van der Waals surface area contributed by atoms with Crippen LogP contribution in [0.15, 0.2) is 36.4 Å². The van der Waals surface area contributed by atoms with E-state index in [4.69, 9.17) is 9.47 Å². The number of Topliss-reactive ketones (excluding diaryl/α,β-unsaturated/α-hetero) is 1. The van der Waals surface area contributed by atoms with E-state index in [1.807, 2.05) is 23.1 Å². The third kappa shape index (κ3) is 5.45. The minimum atomic E-state index is -0.416. The highest BCUT2D eigenvalue weighted by Gasteiger charge is 2.23. The topological polar surface area (TPSA) is 71.1 Å². The number of ether oxygens (including phenoxy) is 2. The summed E-state index contributed by atoms with van der Waals surface area (Å²) in [4.78, 5) is 27.5. The van der Waals surface area contributed by atoms with Crippen LogP contribution in [-0.2, 0) is 6.42 Å². The van der Waals surface area contributed by atoms with Crippen molar-refractivity contribution >= 4 is 17.5 Å². The van der Waals surface area contributed by atoms with Crippen LogP contribution in [0.2, 0.25) is 0 Å². The highest BCUT2D eigenvalue weighted by molar-refractivity contribution is 5.94. The van der Waals surface area contributed by atoms with Crippen LogP contribution in [0.3, 0.4) is 0 Å². The predicted molar refractivity (Wildman–Crippen MR) is 117 cm³/mol. The van der Waals surface area contributed by atoms with Gasteiger partial charge in [0, 0.05) is 38.3 Å². The number of piperazine rings is 1. The molecule has 3 rings (SSSR count). The third-order valence-electron chi connectivity index (χ3n) is 5.40.